The number of hydrogen-bond acceptors (Lipinski definition) is 3. The molecule has 1 saturated heterocycles. The fourth-order valence-corrected chi connectivity index (χ4v) is 2.80. The van der Waals surface area contributed by atoms with Gasteiger partial charge in [0, 0.05) is 18.9 Å². The molecule has 1 aromatic heterocycles. The Hall–Kier alpha value is -1.56. The quantitative estimate of drug-likeness (QED) is 0.820. The highest BCUT2D eigenvalue weighted by atomic mass is 35.5. The highest BCUT2D eigenvalue weighted by Crippen LogP contribution is 2.06. The molecule has 1 aromatic carbocycles. The van der Waals surface area contributed by atoms with Gasteiger partial charge in [-0.2, -0.15) is 0 Å². The van der Waals surface area contributed by atoms with Crippen LogP contribution in [0.4, 0.5) is 0 Å². The number of carbonyl (C=O) groups excluding carboxylic acids is 1. The maximum atomic E-state index is 12.0. The van der Waals surface area contributed by atoms with Crippen LogP contribution in [0.15, 0.2) is 42.7 Å². The molecular formula is C17H24Cl2N4O. The molecule has 2 N–H and O–H groups in total. The number of benzene rings is 1. The zero-order chi connectivity index (χ0) is 15.2. The molecule has 7 heteroatoms. The van der Waals surface area contributed by atoms with E-state index >= 15 is 0 Å². The lowest BCUT2D eigenvalue weighted by atomic mass is 10.1. The third kappa shape index (κ3) is 5.51. The van der Waals surface area contributed by atoms with Crippen LogP contribution in [-0.4, -0.2) is 28.0 Å². The van der Waals surface area contributed by atoms with Crippen LogP contribution < -0.4 is 10.6 Å². The number of nitrogens with zero attached hydrogens (tertiary/aromatic N) is 2. The molecule has 1 aliphatic heterocycles. The van der Waals surface area contributed by atoms with Crippen molar-refractivity contribution in [2.75, 3.05) is 6.54 Å². The van der Waals surface area contributed by atoms with Crippen LogP contribution in [-0.2, 0) is 24.3 Å². The maximum absolute atomic E-state index is 12.0. The monoisotopic (exact) mass is 370 g/mol. The van der Waals surface area contributed by atoms with Crippen molar-refractivity contribution < 1.29 is 4.79 Å². The van der Waals surface area contributed by atoms with E-state index in [1.165, 1.54) is 5.56 Å². The van der Waals surface area contributed by atoms with Gasteiger partial charge in [-0.05, 0) is 31.4 Å². The first-order valence-electron chi connectivity index (χ1n) is 7.88. The van der Waals surface area contributed by atoms with Gasteiger partial charge in [-0.1, -0.05) is 30.3 Å². The zero-order valence-corrected chi connectivity index (χ0v) is 15.1. The summed E-state index contributed by atoms with van der Waals surface area (Å²) in [7, 11) is 0. The van der Waals surface area contributed by atoms with E-state index in [0.717, 1.165) is 38.2 Å². The van der Waals surface area contributed by atoms with Gasteiger partial charge in [0.1, 0.15) is 5.82 Å². The van der Waals surface area contributed by atoms with E-state index in [-0.39, 0.29) is 36.8 Å². The molecule has 0 saturated carbocycles. The van der Waals surface area contributed by atoms with Gasteiger partial charge in [-0.15, -0.1) is 24.8 Å². The van der Waals surface area contributed by atoms with E-state index in [9.17, 15) is 4.79 Å². The lowest BCUT2D eigenvalue weighted by molar-refractivity contribution is -0.123. The molecule has 24 heavy (non-hydrogen) atoms. The van der Waals surface area contributed by atoms with E-state index in [2.05, 4.69) is 44.5 Å². The molecule has 132 valence electrons. The number of aromatic nitrogens is 2. The van der Waals surface area contributed by atoms with Gasteiger partial charge in [0.05, 0.1) is 12.6 Å². The molecule has 0 aliphatic carbocycles. The number of aryl methyl sites for hydroxylation is 2. The van der Waals surface area contributed by atoms with Crippen LogP contribution in [0.5, 0.6) is 0 Å². The van der Waals surface area contributed by atoms with Crippen LogP contribution >= 0.6 is 24.8 Å². The van der Waals surface area contributed by atoms with Crippen molar-refractivity contribution in [3.63, 3.8) is 0 Å². The molecule has 0 spiro atoms. The third-order valence-electron chi connectivity index (χ3n) is 4.08. The molecule has 0 bridgehead atoms. The molecule has 3 rings (SSSR count). The Labute approximate surface area is 155 Å². The third-order valence-corrected chi connectivity index (χ3v) is 4.08. The predicted octanol–water partition coefficient (Wildman–Crippen LogP) is 2.34. The van der Waals surface area contributed by atoms with Crippen LogP contribution in [0, 0.1) is 0 Å². The molecule has 2 aromatic rings. The van der Waals surface area contributed by atoms with E-state index in [0.29, 0.717) is 6.54 Å². The highest BCUT2D eigenvalue weighted by molar-refractivity contribution is 5.85. The van der Waals surface area contributed by atoms with Gasteiger partial charge in [0.2, 0.25) is 5.91 Å². The smallest absolute Gasteiger partial charge is 0.237 e. The fourth-order valence-electron chi connectivity index (χ4n) is 2.80. The summed E-state index contributed by atoms with van der Waals surface area (Å²) in [5.41, 5.74) is 1.31. The minimum atomic E-state index is -0.0345. The fraction of sp³-hybridized carbons (Fsp3) is 0.412. The number of amides is 1. The zero-order valence-electron chi connectivity index (χ0n) is 13.5. The lowest BCUT2D eigenvalue weighted by Crippen LogP contribution is -2.40. The average molecular weight is 371 g/mol. The van der Waals surface area contributed by atoms with Crippen molar-refractivity contribution >= 4 is 30.7 Å². The summed E-state index contributed by atoms with van der Waals surface area (Å²) in [5, 5.41) is 6.19. The van der Waals surface area contributed by atoms with E-state index in [1.54, 1.807) is 6.20 Å². The molecule has 1 unspecified atom stereocenters. The molecule has 2 heterocycles. The second kappa shape index (κ2) is 10.3. The predicted molar refractivity (Wildman–Crippen MR) is 99.7 cm³/mol. The maximum Gasteiger partial charge on any atom is 0.237 e. The van der Waals surface area contributed by atoms with Gasteiger partial charge in [0.25, 0.3) is 0 Å². The molecular weight excluding hydrogens is 347 g/mol. The van der Waals surface area contributed by atoms with E-state index < -0.39 is 0 Å². The van der Waals surface area contributed by atoms with Crippen molar-refractivity contribution in [2.24, 2.45) is 0 Å². The summed E-state index contributed by atoms with van der Waals surface area (Å²) >= 11 is 0. The number of rotatable bonds is 6. The normalized spacial score (nSPS) is 16.1. The Morgan fingerprint density at radius 3 is 2.79 bits per heavy atom. The first-order chi connectivity index (χ1) is 10.8. The second-order valence-electron chi connectivity index (χ2n) is 5.64. The molecule has 5 nitrogen and oxygen atoms in total. The van der Waals surface area contributed by atoms with Crippen molar-refractivity contribution in [3.8, 4) is 0 Å². The molecule has 0 radical (unpaired) electrons. The van der Waals surface area contributed by atoms with Crippen LogP contribution in [0.3, 0.4) is 0 Å². The standard InChI is InChI=1S/C17H22N4O.2ClH/c22-17(15-7-4-9-18-15)20-13-16-19-10-12-21(16)11-8-14-5-2-1-3-6-14;;/h1-3,5-6,10,12,15,18H,4,7-9,11,13H2,(H,20,22);2*1H. The minimum Gasteiger partial charge on any atom is -0.348 e. The van der Waals surface area contributed by atoms with Gasteiger partial charge in [-0.3, -0.25) is 4.79 Å². The van der Waals surface area contributed by atoms with E-state index in [4.69, 9.17) is 0 Å². The summed E-state index contributed by atoms with van der Waals surface area (Å²) < 4.78 is 2.11. The average Bonchev–Trinajstić information content (AvgIpc) is 3.23. The van der Waals surface area contributed by atoms with Crippen molar-refractivity contribution in [1.82, 2.24) is 20.2 Å². The first-order valence-corrected chi connectivity index (χ1v) is 7.88. The SMILES string of the molecule is Cl.Cl.O=C(NCc1nccn1CCc1ccccc1)C1CCCN1. The van der Waals surface area contributed by atoms with Gasteiger partial charge >= 0.3 is 0 Å². The molecule has 1 fully saturated rings. The largest absolute Gasteiger partial charge is 0.348 e. The van der Waals surface area contributed by atoms with Gasteiger partial charge in [-0.25, -0.2) is 4.98 Å². The number of hydrogen-bond donors (Lipinski definition) is 2. The molecule has 1 atom stereocenters. The first kappa shape index (κ1) is 20.5. The number of carbonyl (C=O) groups is 1. The summed E-state index contributed by atoms with van der Waals surface area (Å²) in [4.78, 5) is 16.4. The van der Waals surface area contributed by atoms with Crippen LogP contribution in [0.1, 0.15) is 24.2 Å². The number of nitrogens with one attached hydrogen (secondary N) is 2. The molecule has 1 amide bonds. The Bertz CT molecular complexity index is 612. The summed E-state index contributed by atoms with van der Waals surface area (Å²) in [6.45, 7) is 2.29. The van der Waals surface area contributed by atoms with Gasteiger partial charge < -0.3 is 15.2 Å². The summed E-state index contributed by atoms with van der Waals surface area (Å²) in [5.74, 6) is 0.984. The molecule has 1 aliphatic rings. The second-order valence-corrected chi connectivity index (χ2v) is 5.64. The summed E-state index contributed by atoms with van der Waals surface area (Å²) in [6, 6.07) is 10.4. The van der Waals surface area contributed by atoms with Crippen molar-refractivity contribution in [2.45, 2.75) is 38.4 Å². The Balaban J connectivity index is 0.00000144. The van der Waals surface area contributed by atoms with Gasteiger partial charge in [0.15, 0.2) is 0 Å². The van der Waals surface area contributed by atoms with Crippen molar-refractivity contribution in [3.05, 3.63) is 54.1 Å². The van der Waals surface area contributed by atoms with Crippen LogP contribution in [0.2, 0.25) is 0 Å². The van der Waals surface area contributed by atoms with E-state index in [1.807, 2.05) is 12.3 Å². The Morgan fingerprint density at radius 2 is 2.08 bits per heavy atom. The highest BCUT2D eigenvalue weighted by Gasteiger charge is 2.21. The number of imidazole rings is 1. The topological polar surface area (TPSA) is 59.0 Å². The van der Waals surface area contributed by atoms with Crippen LogP contribution in [0.25, 0.3) is 0 Å². The Morgan fingerprint density at radius 1 is 1.29 bits per heavy atom. The lowest BCUT2D eigenvalue weighted by Gasteiger charge is -2.12. The summed E-state index contributed by atoms with van der Waals surface area (Å²) in [6.07, 6.45) is 6.72. The van der Waals surface area contributed by atoms with Crippen molar-refractivity contribution in [1.29, 1.82) is 0 Å². The Kier molecular flexibility index (Phi) is 8.82. The number of halogens is 2. The minimum absolute atomic E-state index is 0.